The van der Waals surface area contributed by atoms with Crippen molar-refractivity contribution in [3.63, 3.8) is 0 Å². The summed E-state index contributed by atoms with van der Waals surface area (Å²) in [5.74, 6) is -2.95. The molecule has 18 atom stereocenters. The van der Waals surface area contributed by atoms with Crippen molar-refractivity contribution in [2.75, 3.05) is 53.3 Å². The number of carbonyl (C=O) groups is 1. The number of aliphatic hydroxyl groups is 5. The third kappa shape index (κ3) is 15.0. The number of carbonyl (C=O) groups excluding carboxylic acids is 1. The minimum atomic E-state index is -3.55. The summed E-state index contributed by atoms with van der Waals surface area (Å²) in [7, 11) is 1.73. The standard InChI is InChI=1S/C53H90FN5O14S/c1-14-43-53(10,65)46(61)36(6)58(12)30-32(2)28-51(8,64)48(34(4)44(35(5)49(63)72-43)42-29-52(9,68-13)47(62)37(7)71-42)73-50-45(60)41(27-33(3)70-50)57(11)24-21-38-31-59(56-55-38)23-16-25-69-39-17-19-40(20-18-39)74(66,67)26-15-22-54/h17-20,31-37,41-48,50,60-62,64-65H,14-16,21-30H2,1-13H3/t32-,33-,34+,35-,36-,37+,41+,42?,43-,44+,45-,46-,47+,48-,50+,51-,52-,53-/m1/s1. The van der Waals surface area contributed by atoms with E-state index in [1.807, 2.05) is 50.9 Å². The van der Waals surface area contributed by atoms with E-state index >= 15 is 0 Å². The Bertz CT molecular complexity index is 2170. The Hall–Kier alpha value is -2.93. The molecule has 5 rings (SSSR count). The van der Waals surface area contributed by atoms with Crippen LogP contribution in [0.4, 0.5) is 4.39 Å². The molecule has 0 amide bonds. The van der Waals surface area contributed by atoms with Crippen LogP contribution in [0.2, 0.25) is 0 Å². The van der Waals surface area contributed by atoms with Crippen LogP contribution in [-0.4, -0.2) is 202 Å². The molecule has 5 N–H and O–H groups in total. The largest absolute Gasteiger partial charge is 0.494 e. The quantitative estimate of drug-likeness (QED) is 0.105. The Labute approximate surface area is 439 Å². The molecule has 0 radical (unpaired) electrons. The van der Waals surface area contributed by atoms with Crippen molar-refractivity contribution >= 4 is 15.8 Å². The van der Waals surface area contributed by atoms with Crippen LogP contribution in [0, 0.1) is 23.7 Å². The van der Waals surface area contributed by atoms with E-state index in [9.17, 15) is 43.1 Å². The van der Waals surface area contributed by atoms with Crippen LogP contribution in [0.3, 0.4) is 0 Å². The minimum Gasteiger partial charge on any atom is -0.494 e. The number of halogens is 1. The van der Waals surface area contributed by atoms with E-state index in [0.717, 1.165) is 5.69 Å². The van der Waals surface area contributed by atoms with Crippen molar-refractivity contribution in [3.05, 3.63) is 36.2 Å². The first-order chi connectivity index (χ1) is 34.6. The molecule has 0 saturated carbocycles. The fraction of sp³-hybridized carbons (Fsp3) is 0.830. The van der Waals surface area contributed by atoms with Gasteiger partial charge in [0.1, 0.15) is 35.8 Å². The van der Waals surface area contributed by atoms with Crippen molar-refractivity contribution in [1.29, 1.82) is 0 Å². The van der Waals surface area contributed by atoms with Gasteiger partial charge in [0.25, 0.3) is 0 Å². The summed E-state index contributed by atoms with van der Waals surface area (Å²) in [6.45, 7) is 18.9. The fourth-order valence-corrected chi connectivity index (χ4v) is 13.0. The van der Waals surface area contributed by atoms with Gasteiger partial charge in [0.2, 0.25) is 0 Å². The maximum Gasteiger partial charge on any atom is 0.309 e. The number of aryl methyl sites for hydroxylation is 1. The number of methoxy groups -OCH3 is 1. The summed E-state index contributed by atoms with van der Waals surface area (Å²) in [6.07, 6.45) is -4.63. The highest BCUT2D eigenvalue weighted by Gasteiger charge is 2.55. The molecule has 4 heterocycles. The topological polar surface area (TPSA) is 245 Å². The zero-order valence-electron chi connectivity index (χ0n) is 46.2. The van der Waals surface area contributed by atoms with E-state index in [1.165, 1.54) is 26.2 Å². The zero-order chi connectivity index (χ0) is 55.1. The Kier molecular flexibility index (Phi) is 21.9. The number of ether oxygens (including phenoxy) is 6. The summed E-state index contributed by atoms with van der Waals surface area (Å²) >= 11 is 0. The van der Waals surface area contributed by atoms with Gasteiger partial charge in [0.15, 0.2) is 16.1 Å². The lowest BCUT2D eigenvalue weighted by Gasteiger charge is -2.51. The molecule has 3 aliphatic heterocycles. The van der Waals surface area contributed by atoms with Crippen molar-refractivity contribution in [2.45, 2.75) is 210 Å². The van der Waals surface area contributed by atoms with E-state index < -0.39 is 118 Å². The van der Waals surface area contributed by atoms with Gasteiger partial charge in [-0.15, -0.1) is 5.10 Å². The highest BCUT2D eigenvalue weighted by molar-refractivity contribution is 7.91. The van der Waals surface area contributed by atoms with Crippen molar-refractivity contribution < 1.29 is 71.6 Å². The molecule has 3 fully saturated rings. The molecule has 21 heteroatoms. The molecular weight excluding hydrogens is 982 g/mol. The molecule has 3 saturated heterocycles. The number of likely N-dealkylation sites (N-methyl/N-ethyl adjacent to an activating group) is 2. The van der Waals surface area contributed by atoms with E-state index in [2.05, 4.69) is 10.3 Å². The minimum absolute atomic E-state index is 0.0479. The fourth-order valence-electron chi connectivity index (χ4n) is 11.7. The molecule has 2 aromatic rings. The van der Waals surface area contributed by atoms with Gasteiger partial charge < -0.3 is 63.8 Å². The van der Waals surface area contributed by atoms with Crippen molar-refractivity contribution in [1.82, 2.24) is 24.8 Å². The van der Waals surface area contributed by atoms with Crippen LogP contribution in [0.15, 0.2) is 35.4 Å². The summed E-state index contributed by atoms with van der Waals surface area (Å²) in [4.78, 5) is 18.7. The molecular formula is C53H90FN5O14S. The van der Waals surface area contributed by atoms with Crippen molar-refractivity contribution in [3.8, 4) is 5.75 Å². The maximum absolute atomic E-state index is 14.6. The van der Waals surface area contributed by atoms with E-state index in [0.29, 0.717) is 51.3 Å². The van der Waals surface area contributed by atoms with Gasteiger partial charge in [-0.1, -0.05) is 32.9 Å². The van der Waals surface area contributed by atoms with Gasteiger partial charge in [-0.05, 0) is 117 Å². The molecule has 0 spiro atoms. The SMILES string of the molecule is CC[C@H]1OC(=O)[C@H](C)[C@@H](C2C[C@@](C)(OC)[C@@H](O)[C@H](C)O2)[C@H](C)[C@@H](O[C@@H]2O[C@H](C)C[C@H](N(C)CCc3cn(CCCOc4ccc(S(=O)(=O)CCCF)cc4)nn3)[C@H]2O)[C@](C)(O)C[C@@H](C)CN(C)[C@H](C)[C@@H](O)[C@]1(C)O. The Morgan fingerprint density at radius 2 is 1.65 bits per heavy atom. The van der Waals surface area contributed by atoms with E-state index in [1.54, 1.807) is 58.4 Å². The average molecular weight is 1070 g/mol. The highest BCUT2D eigenvalue weighted by atomic mass is 32.2. The van der Waals surface area contributed by atoms with Crippen LogP contribution in [0.1, 0.15) is 113 Å². The number of alkyl halides is 1. The number of aliphatic hydroxyl groups excluding tert-OH is 3. The van der Waals surface area contributed by atoms with Gasteiger partial charge in [-0.3, -0.25) is 13.9 Å². The summed E-state index contributed by atoms with van der Waals surface area (Å²) in [5.41, 5.74) is -3.76. The molecule has 0 bridgehead atoms. The number of rotatable bonds is 18. The third-order valence-corrected chi connectivity index (χ3v) is 18.1. The van der Waals surface area contributed by atoms with Gasteiger partial charge in [-0.25, -0.2) is 8.42 Å². The molecule has 1 aromatic heterocycles. The number of esters is 1. The van der Waals surface area contributed by atoms with E-state index in [4.69, 9.17) is 28.4 Å². The van der Waals surface area contributed by atoms with Crippen LogP contribution < -0.4 is 4.74 Å². The monoisotopic (exact) mass is 1070 g/mol. The van der Waals surface area contributed by atoms with Crippen LogP contribution in [0.5, 0.6) is 5.75 Å². The number of benzene rings is 1. The first kappa shape index (κ1) is 61.9. The first-order valence-corrected chi connectivity index (χ1v) is 28.3. The third-order valence-electron chi connectivity index (χ3n) is 16.3. The summed E-state index contributed by atoms with van der Waals surface area (Å²) < 4.78 is 77.0. The molecule has 0 aliphatic carbocycles. The number of cyclic esters (lactones) is 1. The average Bonchev–Trinajstić information content (AvgIpc) is 3.81. The predicted molar refractivity (Wildman–Crippen MR) is 275 cm³/mol. The molecule has 3 aliphatic rings. The van der Waals surface area contributed by atoms with Gasteiger partial charge in [0, 0.05) is 70.2 Å². The Morgan fingerprint density at radius 1 is 0.973 bits per heavy atom. The van der Waals surface area contributed by atoms with Crippen LogP contribution >= 0.6 is 0 Å². The smallest absolute Gasteiger partial charge is 0.309 e. The highest BCUT2D eigenvalue weighted by Crippen LogP contribution is 2.45. The van der Waals surface area contributed by atoms with Gasteiger partial charge in [-0.2, -0.15) is 0 Å². The second kappa shape index (κ2) is 26.1. The lowest BCUT2D eigenvalue weighted by molar-refractivity contribution is -0.302. The number of hydrogen-bond donors (Lipinski definition) is 5. The molecule has 74 heavy (non-hydrogen) atoms. The van der Waals surface area contributed by atoms with Crippen molar-refractivity contribution in [2.24, 2.45) is 23.7 Å². The molecule has 424 valence electrons. The van der Waals surface area contributed by atoms with E-state index in [-0.39, 0.29) is 48.4 Å². The molecule has 1 aromatic carbocycles. The zero-order valence-corrected chi connectivity index (χ0v) is 47.0. The normalized spacial score (nSPS) is 38.5. The Balaban J connectivity index is 1.35. The first-order valence-electron chi connectivity index (χ1n) is 26.6. The molecule has 1 unspecified atom stereocenters. The number of nitrogens with zero attached hydrogens (tertiary/aromatic N) is 5. The number of aromatic nitrogens is 3. The summed E-state index contributed by atoms with van der Waals surface area (Å²) in [6, 6.07) is 5.10. The second-order valence-corrected chi connectivity index (χ2v) is 24.6. The second-order valence-electron chi connectivity index (χ2n) is 22.5. The summed E-state index contributed by atoms with van der Waals surface area (Å²) in [5, 5.41) is 68.7. The lowest BCUT2D eigenvalue weighted by Crippen LogP contribution is -2.62. The van der Waals surface area contributed by atoms with Crippen LogP contribution in [0.25, 0.3) is 0 Å². The predicted octanol–water partition coefficient (Wildman–Crippen LogP) is 3.98. The lowest BCUT2D eigenvalue weighted by atomic mass is 9.68. The van der Waals surface area contributed by atoms with Crippen LogP contribution in [-0.2, 0) is 51.3 Å². The molecule has 19 nitrogen and oxygen atoms in total. The number of hydrogen-bond acceptors (Lipinski definition) is 18. The number of sulfone groups is 1. The van der Waals surface area contributed by atoms with Gasteiger partial charge >= 0.3 is 5.97 Å². The Morgan fingerprint density at radius 3 is 2.28 bits per heavy atom. The maximum atomic E-state index is 14.6. The van der Waals surface area contributed by atoms with Gasteiger partial charge in [0.05, 0.1) is 71.2 Å².